The molecule has 0 aromatic carbocycles. The summed E-state index contributed by atoms with van der Waals surface area (Å²) in [5.74, 6) is 0. The maximum absolute atomic E-state index is 9.67. The standard InChI is InChI=1S/C9H18NO/c1-10-6-3-2-4-8(10)9(11)5-7-10/h8-9,11H,2-7H2,1H3/q+1. The van der Waals surface area contributed by atoms with Crippen molar-refractivity contribution in [2.45, 2.75) is 37.8 Å². The lowest BCUT2D eigenvalue weighted by Gasteiger charge is -2.40. The third kappa shape index (κ3) is 1.09. The highest BCUT2D eigenvalue weighted by atomic mass is 16.3. The van der Waals surface area contributed by atoms with Crippen molar-refractivity contribution in [2.24, 2.45) is 0 Å². The maximum Gasteiger partial charge on any atom is 0.115 e. The third-order valence-electron chi connectivity index (χ3n) is 3.60. The molecule has 0 aromatic rings. The highest BCUT2D eigenvalue weighted by molar-refractivity contribution is 4.79. The zero-order chi connectivity index (χ0) is 7.90. The summed E-state index contributed by atoms with van der Waals surface area (Å²) in [6.45, 7) is 2.49. The average Bonchev–Trinajstić information content (AvgIpc) is 2.29. The van der Waals surface area contributed by atoms with Crippen molar-refractivity contribution < 1.29 is 9.59 Å². The van der Waals surface area contributed by atoms with Gasteiger partial charge in [-0.3, -0.25) is 0 Å². The van der Waals surface area contributed by atoms with Crippen molar-refractivity contribution in [3.8, 4) is 0 Å². The van der Waals surface area contributed by atoms with E-state index in [1.54, 1.807) is 0 Å². The third-order valence-corrected chi connectivity index (χ3v) is 3.60. The van der Waals surface area contributed by atoms with Gasteiger partial charge in [0.1, 0.15) is 12.1 Å². The number of hydrogen-bond acceptors (Lipinski definition) is 1. The minimum atomic E-state index is 0.000278. The maximum atomic E-state index is 9.67. The number of nitrogens with zero attached hydrogens (tertiary/aromatic N) is 1. The Morgan fingerprint density at radius 1 is 1.18 bits per heavy atom. The second-order valence-electron chi connectivity index (χ2n) is 4.35. The number of rotatable bonds is 0. The van der Waals surface area contributed by atoms with Gasteiger partial charge in [0, 0.05) is 12.8 Å². The van der Waals surface area contributed by atoms with Gasteiger partial charge in [0.25, 0.3) is 0 Å². The van der Waals surface area contributed by atoms with E-state index in [4.69, 9.17) is 0 Å². The zero-order valence-electron chi connectivity index (χ0n) is 7.29. The number of hydrogen-bond donors (Lipinski definition) is 1. The fourth-order valence-electron chi connectivity index (χ4n) is 2.81. The average molecular weight is 156 g/mol. The van der Waals surface area contributed by atoms with Crippen LogP contribution in [0.2, 0.25) is 0 Å². The van der Waals surface area contributed by atoms with Crippen LogP contribution in [0.25, 0.3) is 0 Å². The largest absolute Gasteiger partial charge is 0.387 e. The van der Waals surface area contributed by atoms with E-state index < -0.39 is 0 Å². The number of aliphatic hydroxyl groups is 1. The van der Waals surface area contributed by atoms with Crippen LogP contribution in [0.1, 0.15) is 25.7 Å². The molecule has 2 aliphatic heterocycles. The predicted molar refractivity (Wildman–Crippen MR) is 44.2 cm³/mol. The van der Waals surface area contributed by atoms with Gasteiger partial charge in [0.2, 0.25) is 0 Å². The smallest absolute Gasteiger partial charge is 0.115 e. The molecule has 11 heavy (non-hydrogen) atoms. The van der Waals surface area contributed by atoms with E-state index in [-0.39, 0.29) is 6.10 Å². The van der Waals surface area contributed by atoms with Crippen molar-refractivity contribution in [1.82, 2.24) is 0 Å². The van der Waals surface area contributed by atoms with Crippen LogP contribution in [0.5, 0.6) is 0 Å². The van der Waals surface area contributed by atoms with Gasteiger partial charge in [0.05, 0.1) is 20.1 Å². The van der Waals surface area contributed by atoms with E-state index in [0.29, 0.717) is 6.04 Å². The molecule has 3 atom stereocenters. The first kappa shape index (κ1) is 7.56. The van der Waals surface area contributed by atoms with Gasteiger partial charge in [0.15, 0.2) is 0 Å². The lowest BCUT2D eigenvalue weighted by atomic mass is 9.99. The first-order chi connectivity index (χ1) is 5.22. The second-order valence-corrected chi connectivity index (χ2v) is 4.35. The summed E-state index contributed by atoms with van der Waals surface area (Å²) in [7, 11) is 2.31. The van der Waals surface area contributed by atoms with E-state index >= 15 is 0 Å². The molecule has 3 unspecified atom stereocenters. The Morgan fingerprint density at radius 2 is 2.00 bits per heavy atom. The molecule has 0 bridgehead atoms. The molecule has 2 rings (SSSR count). The molecule has 2 heteroatoms. The molecule has 0 spiro atoms. The molecule has 0 aliphatic carbocycles. The van der Waals surface area contributed by atoms with Crippen molar-refractivity contribution in [3.63, 3.8) is 0 Å². The topological polar surface area (TPSA) is 20.2 Å². The summed E-state index contributed by atoms with van der Waals surface area (Å²) in [5, 5.41) is 9.67. The Morgan fingerprint density at radius 3 is 2.73 bits per heavy atom. The summed E-state index contributed by atoms with van der Waals surface area (Å²) in [5.41, 5.74) is 0. The Balaban J connectivity index is 2.14. The Hall–Kier alpha value is -0.0800. The first-order valence-corrected chi connectivity index (χ1v) is 4.75. The Bertz CT molecular complexity index is 156. The van der Waals surface area contributed by atoms with Gasteiger partial charge in [-0.2, -0.15) is 0 Å². The monoisotopic (exact) mass is 156 g/mol. The zero-order valence-corrected chi connectivity index (χ0v) is 7.29. The molecule has 0 radical (unpaired) electrons. The molecular formula is C9H18NO+. The molecule has 2 fully saturated rings. The van der Waals surface area contributed by atoms with Gasteiger partial charge in [-0.15, -0.1) is 0 Å². The number of fused-ring (bicyclic) bond motifs is 1. The van der Waals surface area contributed by atoms with Crippen molar-refractivity contribution in [2.75, 3.05) is 20.1 Å². The van der Waals surface area contributed by atoms with Gasteiger partial charge < -0.3 is 9.59 Å². The molecule has 2 saturated heterocycles. The van der Waals surface area contributed by atoms with E-state index in [9.17, 15) is 5.11 Å². The number of piperidine rings is 1. The molecule has 64 valence electrons. The number of likely N-dealkylation sites (N-methyl/N-ethyl adjacent to an activating group) is 1. The van der Waals surface area contributed by atoms with Crippen LogP contribution in [0.4, 0.5) is 0 Å². The van der Waals surface area contributed by atoms with E-state index in [0.717, 1.165) is 10.9 Å². The van der Waals surface area contributed by atoms with Crippen LogP contribution in [0, 0.1) is 0 Å². The molecule has 0 aromatic heterocycles. The van der Waals surface area contributed by atoms with Crippen LogP contribution in [-0.2, 0) is 0 Å². The van der Waals surface area contributed by atoms with E-state index in [1.807, 2.05) is 0 Å². The highest BCUT2D eigenvalue weighted by Gasteiger charge is 2.45. The van der Waals surface area contributed by atoms with Crippen LogP contribution >= 0.6 is 0 Å². The fourth-order valence-corrected chi connectivity index (χ4v) is 2.81. The molecule has 2 heterocycles. The van der Waals surface area contributed by atoms with Crippen molar-refractivity contribution in [1.29, 1.82) is 0 Å². The lowest BCUT2D eigenvalue weighted by Crippen LogP contribution is -2.53. The fraction of sp³-hybridized carbons (Fsp3) is 1.00. The summed E-state index contributed by atoms with van der Waals surface area (Å²) in [6, 6.07) is 0.573. The molecule has 1 N–H and O–H groups in total. The summed E-state index contributed by atoms with van der Waals surface area (Å²) in [6.07, 6.45) is 4.97. The summed E-state index contributed by atoms with van der Waals surface area (Å²) < 4.78 is 1.15. The van der Waals surface area contributed by atoms with Crippen LogP contribution in [-0.4, -0.2) is 41.9 Å². The number of aliphatic hydroxyl groups excluding tert-OH is 1. The summed E-state index contributed by atoms with van der Waals surface area (Å²) >= 11 is 0. The lowest BCUT2D eigenvalue weighted by molar-refractivity contribution is -0.927. The molecule has 2 aliphatic rings. The Labute approximate surface area is 68.4 Å². The van der Waals surface area contributed by atoms with Crippen LogP contribution < -0.4 is 0 Å². The minimum absolute atomic E-state index is 0.000278. The Kier molecular flexibility index (Phi) is 1.69. The highest BCUT2D eigenvalue weighted by Crippen LogP contribution is 2.32. The quantitative estimate of drug-likeness (QED) is 0.513. The SMILES string of the molecule is C[N+]12CCCCC1C(O)CC2. The minimum Gasteiger partial charge on any atom is -0.387 e. The molecule has 0 amide bonds. The second kappa shape index (κ2) is 2.46. The van der Waals surface area contributed by atoms with E-state index in [2.05, 4.69) is 7.05 Å². The van der Waals surface area contributed by atoms with Gasteiger partial charge in [-0.1, -0.05) is 0 Å². The van der Waals surface area contributed by atoms with Crippen molar-refractivity contribution >= 4 is 0 Å². The molecule has 0 saturated carbocycles. The van der Waals surface area contributed by atoms with Crippen LogP contribution in [0.15, 0.2) is 0 Å². The van der Waals surface area contributed by atoms with Gasteiger partial charge >= 0.3 is 0 Å². The van der Waals surface area contributed by atoms with Crippen LogP contribution in [0.3, 0.4) is 0 Å². The predicted octanol–water partition coefficient (Wildman–Crippen LogP) is 0.750. The van der Waals surface area contributed by atoms with Gasteiger partial charge in [-0.25, -0.2) is 0 Å². The number of quaternary nitrogens is 1. The van der Waals surface area contributed by atoms with Gasteiger partial charge in [-0.05, 0) is 12.8 Å². The normalized spacial score (nSPS) is 50.7. The van der Waals surface area contributed by atoms with E-state index in [1.165, 1.54) is 32.4 Å². The molecule has 2 nitrogen and oxygen atoms in total. The first-order valence-electron chi connectivity index (χ1n) is 4.75. The van der Waals surface area contributed by atoms with Crippen molar-refractivity contribution in [3.05, 3.63) is 0 Å². The molecular weight excluding hydrogens is 138 g/mol. The summed E-state index contributed by atoms with van der Waals surface area (Å²) in [4.78, 5) is 0.